The molecule has 3 aromatic rings. The molecule has 1 N–H and O–H groups in total. The summed E-state index contributed by atoms with van der Waals surface area (Å²) in [4.78, 5) is 24.1. The minimum Gasteiger partial charge on any atom is -0.354 e. The highest BCUT2D eigenvalue weighted by atomic mass is 32.2. The summed E-state index contributed by atoms with van der Waals surface area (Å²) in [5.41, 5.74) is 0.807. The van der Waals surface area contributed by atoms with Gasteiger partial charge in [0.1, 0.15) is 6.54 Å². The fourth-order valence-corrected chi connectivity index (χ4v) is 4.11. The molecule has 1 amide bonds. The molecule has 0 unspecified atom stereocenters. The zero-order chi connectivity index (χ0) is 19.3. The summed E-state index contributed by atoms with van der Waals surface area (Å²) in [5, 5.41) is 6.70. The van der Waals surface area contributed by atoms with Crippen molar-refractivity contribution in [3.63, 3.8) is 0 Å². The van der Waals surface area contributed by atoms with Crippen molar-refractivity contribution in [2.45, 2.75) is 18.7 Å². The van der Waals surface area contributed by atoms with Crippen molar-refractivity contribution < 1.29 is 13.2 Å². The van der Waals surface area contributed by atoms with Gasteiger partial charge in [0.25, 0.3) is 0 Å². The summed E-state index contributed by atoms with van der Waals surface area (Å²) in [7, 11) is -3.24. The molecule has 0 atom stereocenters. The molecule has 0 aliphatic carbocycles. The highest BCUT2D eigenvalue weighted by Crippen LogP contribution is 2.06. The molecule has 0 saturated heterocycles. The Morgan fingerprint density at radius 3 is 2.56 bits per heavy atom. The van der Waals surface area contributed by atoms with E-state index in [0.29, 0.717) is 12.1 Å². The fraction of sp³-hybridized carbons (Fsp3) is 0.278. The number of carbonyl (C=O) groups is 1. The Kier molecular flexibility index (Phi) is 5.70. The van der Waals surface area contributed by atoms with E-state index in [1.54, 1.807) is 48.7 Å². The number of carbonyl (C=O) groups excluding carboxylic acids is 1. The maximum absolute atomic E-state index is 12.1. The van der Waals surface area contributed by atoms with Crippen molar-refractivity contribution in [2.24, 2.45) is 0 Å². The van der Waals surface area contributed by atoms with Crippen LogP contribution in [-0.2, 0) is 26.9 Å². The molecule has 2 aromatic heterocycles. The lowest BCUT2D eigenvalue weighted by atomic mass is 10.2. The number of sulfone groups is 1. The number of benzene rings is 1. The first-order valence-electron chi connectivity index (χ1n) is 8.50. The molecular formula is C18H20N4O4S. The van der Waals surface area contributed by atoms with Gasteiger partial charge in [0, 0.05) is 12.7 Å². The van der Waals surface area contributed by atoms with E-state index in [9.17, 15) is 18.0 Å². The third-order valence-corrected chi connectivity index (χ3v) is 5.65. The second-order valence-corrected chi connectivity index (χ2v) is 8.33. The van der Waals surface area contributed by atoms with Crippen LogP contribution in [0.3, 0.4) is 0 Å². The van der Waals surface area contributed by atoms with Crippen LogP contribution in [0.4, 0.5) is 0 Å². The Hall–Kier alpha value is -2.94. The van der Waals surface area contributed by atoms with Crippen molar-refractivity contribution in [1.29, 1.82) is 0 Å². The van der Waals surface area contributed by atoms with Gasteiger partial charge in [0.15, 0.2) is 15.5 Å². The van der Waals surface area contributed by atoms with Gasteiger partial charge in [-0.1, -0.05) is 36.4 Å². The van der Waals surface area contributed by atoms with E-state index in [2.05, 4.69) is 10.4 Å². The van der Waals surface area contributed by atoms with Crippen LogP contribution in [0.25, 0.3) is 5.65 Å². The Labute approximate surface area is 156 Å². The molecule has 27 heavy (non-hydrogen) atoms. The Morgan fingerprint density at radius 1 is 1.07 bits per heavy atom. The Balaban J connectivity index is 1.46. The summed E-state index contributed by atoms with van der Waals surface area (Å²) in [6.45, 7) is 0.00620. The standard InChI is InChI=1S/C18H20N4O4S/c23-17(13-22-18(24)21-11-5-4-9-16(21)20-22)19-10-6-12-27(25,26)14-15-7-2-1-3-8-15/h1-5,7-9,11H,6,10,12-14H2,(H,19,23). The van der Waals surface area contributed by atoms with E-state index in [0.717, 1.165) is 10.2 Å². The molecular weight excluding hydrogens is 368 g/mol. The number of hydrogen-bond acceptors (Lipinski definition) is 5. The van der Waals surface area contributed by atoms with Crippen molar-refractivity contribution in [2.75, 3.05) is 12.3 Å². The number of hydrogen-bond donors (Lipinski definition) is 1. The summed E-state index contributed by atoms with van der Waals surface area (Å²) in [6, 6.07) is 14.1. The van der Waals surface area contributed by atoms with E-state index in [4.69, 9.17) is 0 Å². The van der Waals surface area contributed by atoms with Gasteiger partial charge in [-0.05, 0) is 24.1 Å². The third kappa shape index (κ3) is 5.04. The number of fused-ring (bicyclic) bond motifs is 1. The average molecular weight is 388 g/mol. The van der Waals surface area contributed by atoms with E-state index in [1.165, 1.54) is 4.40 Å². The van der Waals surface area contributed by atoms with Crippen LogP contribution in [0.1, 0.15) is 12.0 Å². The highest BCUT2D eigenvalue weighted by molar-refractivity contribution is 7.90. The molecule has 3 rings (SSSR count). The summed E-state index contributed by atoms with van der Waals surface area (Å²) < 4.78 is 26.6. The number of nitrogens with one attached hydrogen (secondary N) is 1. The average Bonchev–Trinajstić information content (AvgIpc) is 2.95. The topological polar surface area (TPSA) is 103 Å². The van der Waals surface area contributed by atoms with Gasteiger partial charge in [0.2, 0.25) is 5.91 Å². The SMILES string of the molecule is O=C(Cn1nc2ccccn2c1=O)NCCCS(=O)(=O)Cc1ccccc1. The van der Waals surface area contributed by atoms with Gasteiger partial charge in [-0.2, -0.15) is 0 Å². The third-order valence-electron chi connectivity index (χ3n) is 3.97. The molecule has 0 aliphatic heterocycles. The van der Waals surface area contributed by atoms with Gasteiger partial charge in [0.05, 0.1) is 11.5 Å². The Morgan fingerprint density at radius 2 is 1.81 bits per heavy atom. The monoisotopic (exact) mass is 388 g/mol. The van der Waals surface area contributed by atoms with E-state index in [-0.39, 0.29) is 30.5 Å². The van der Waals surface area contributed by atoms with Crippen LogP contribution in [0, 0.1) is 0 Å². The van der Waals surface area contributed by atoms with Crippen LogP contribution in [-0.4, -0.2) is 40.8 Å². The molecule has 0 bridgehead atoms. The minimum absolute atomic E-state index is 0.0154. The smallest absolute Gasteiger partial charge is 0.350 e. The molecule has 0 fully saturated rings. The van der Waals surface area contributed by atoms with Crippen LogP contribution >= 0.6 is 0 Å². The first kappa shape index (κ1) is 18.8. The first-order valence-corrected chi connectivity index (χ1v) is 10.3. The van der Waals surface area contributed by atoms with Gasteiger partial charge in [-0.3, -0.25) is 9.20 Å². The molecule has 2 heterocycles. The second kappa shape index (κ2) is 8.17. The van der Waals surface area contributed by atoms with Crippen molar-refractivity contribution in [1.82, 2.24) is 19.5 Å². The normalized spacial score (nSPS) is 11.6. The van der Waals surface area contributed by atoms with Gasteiger partial charge in [-0.25, -0.2) is 17.9 Å². The predicted octanol–water partition coefficient (Wildman–Crippen LogP) is 0.617. The molecule has 0 saturated carbocycles. The van der Waals surface area contributed by atoms with Crippen LogP contribution in [0.15, 0.2) is 59.5 Å². The first-order chi connectivity index (χ1) is 12.9. The number of rotatable bonds is 8. The molecule has 9 heteroatoms. The molecule has 0 radical (unpaired) electrons. The van der Waals surface area contributed by atoms with Crippen LogP contribution in [0.2, 0.25) is 0 Å². The number of pyridine rings is 1. The highest BCUT2D eigenvalue weighted by Gasteiger charge is 2.13. The Bertz CT molecular complexity index is 1090. The summed E-state index contributed by atoms with van der Waals surface area (Å²) >= 11 is 0. The summed E-state index contributed by atoms with van der Waals surface area (Å²) in [6.07, 6.45) is 1.89. The molecule has 142 valence electrons. The van der Waals surface area contributed by atoms with Crippen molar-refractivity contribution in [3.05, 3.63) is 70.8 Å². The zero-order valence-electron chi connectivity index (χ0n) is 14.6. The van der Waals surface area contributed by atoms with E-state index in [1.807, 2.05) is 6.07 Å². The quantitative estimate of drug-likeness (QED) is 0.570. The second-order valence-electron chi connectivity index (χ2n) is 6.15. The van der Waals surface area contributed by atoms with Gasteiger partial charge in [-0.15, -0.1) is 5.10 Å². The largest absolute Gasteiger partial charge is 0.354 e. The summed E-state index contributed by atoms with van der Waals surface area (Å²) in [5.74, 6) is -0.421. The number of nitrogens with zero attached hydrogens (tertiary/aromatic N) is 3. The molecule has 8 nitrogen and oxygen atoms in total. The van der Waals surface area contributed by atoms with Gasteiger partial charge >= 0.3 is 5.69 Å². The van der Waals surface area contributed by atoms with Crippen molar-refractivity contribution in [3.8, 4) is 0 Å². The van der Waals surface area contributed by atoms with Crippen LogP contribution < -0.4 is 11.0 Å². The zero-order valence-corrected chi connectivity index (χ0v) is 15.4. The molecule has 0 aliphatic rings. The number of amides is 1. The molecule has 0 spiro atoms. The fourth-order valence-electron chi connectivity index (χ4n) is 2.68. The maximum Gasteiger partial charge on any atom is 0.350 e. The van der Waals surface area contributed by atoms with E-state index >= 15 is 0 Å². The van der Waals surface area contributed by atoms with Gasteiger partial charge < -0.3 is 5.32 Å². The molecule has 1 aromatic carbocycles. The lowest BCUT2D eigenvalue weighted by molar-refractivity contribution is -0.121. The number of aromatic nitrogens is 3. The van der Waals surface area contributed by atoms with E-state index < -0.39 is 15.5 Å². The lowest BCUT2D eigenvalue weighted by Gasteiger charge is -2.06. The lowest BCUT2D eigenvalue weighted by Crippen LogP contribution is -2.33. The van der Waals surface area contributed by atoms with Crippen molar-refractivity contribution >= 4 is 21.4 Å². The van der Waals surface area contributed by atoms with Crippen LogP contribution in [0.5, 0.6) is 0 Å². The maximum atomic E-state index is 12.1. The minimum atomic E-state index is -3.24. The predicted molar refractivity (Wildman–Crippen MR) is 101 cm³/mol.